The van der Waals surface area contributed by atoms with Gasteiger partial charge in [-0.3, -0.25) is 5.32 Å². The van der Waals surface area contributed by atoms with E-state index >= 15 is 0 Å². The smallest absolute Gasteiger partial charge is 0.411 e. The van der Waals surface area contributed by atoms with Crippen LogP contribution in [0, 0.1) is 13.8 Å². The van der Waals surface area contributed by atoms with Gasteiger partial charge in [-0.1, -0.05) is 0 Å². The quantitative estimate of drug-likeness (QED) is 0.921. The van der Waals surface area contributed by atoms with E-state index in [1.165, 1.54) is 17.6 Å². The van der Waals surface area contributed by atoms with E-state index in [0.717, 1.165) is 17.0 Å². The summed E-state index contributed by atoms with van der Waals surface area (Å²) < 4.78 is 10.3. The molecule has 0 saturated heterocycles. The Morgan fingerprint density at radius 1 is 1.30 bits per heavy atom. The van der Waals surface area contributed by atoms with E-state index in [-0.39, 0.29) is 0 Å². The third kappa shape index (κ3) is 3.74. The van der Waals surface area contributed by atoms with Crippen LogP contribution < -0.4 is 10.1 Å². The molecule has 0 bridgehead atoms. The second-order valence-corrected chi connectivity index (χ2v) is 5.47. The molecule has 0 aliphatic heterocycles. The van der Waals surface area contributed by atoms with Gasteiger partial charge in [0.2, 0.25) is 0 Å². The number of carbonyl (C=O) groups is 1. The van der Waals surface area contributed by atoms with Gasteiger partial charge in [0, 0.05) is 10.6 Å². The molecule has 4 nitrogen and oxygen atoms in total. The van der Waals surface area contributed by atoms with Gasteiger partial charge in [0.25, 0.3) is 0 Å². The molecule has 0 spiro atoms. The van der Waals surface area contributed by atoms with Gasteiger partial charge in [0.05, 0.1) is 7.11 Å². The van der Waals surface area contributed by atoms with E-state index in [2.05, 4.69) is 28.4 Å². The summed E-state index contributed by atoms with van der Waals surface area (Å²) in [7, 11) is 1.34. The summed E-state index contributed by atoms with van der Waals surface area (Å²) in [5.41, 5.74) is 2.90. The number of nitrogens with one attached hydrogen (secondary N) is 1. The number of carbonyl (C=O) groups excluding carboxylic acids is 1. The summed E-state index contributed by atoms with van der Waals surface area (Å²) in [4.78, 5) is 12.4. The minimum Gasteiger partial charge on any atom is -0.488 e. The molecule has 0 radical (unpaired) electrons. The Labute approximate surface area is 122 Å². The molecular formula is C15H17NO3S. The van der Waals surface area contributed by atoms with E-state index < -0.39 is 6.09 Å². The first-order valence-electron chi connectivity index (χ1n) is 6.21. The third-order valence-corrected chi connectivity index (χ3v) is 3.81. The summed E-state index contributed by atoms with van der Waals surface area (Å²) >= 11 is 1.69. The lowest BCUT2D eigenvalue weighted by molar-refractivity contribution is 0.187. The highest BCUT2D eigenvalue weighted by atomic mass is 32.1. The van der Waals surface area contributed by atoms with Crippen LogP contribution in [0.2, 0.25) is 0 Å². The lowest BCUT2D eigenvalue weighted by Gasteiger charge is -2.10. The molecule has 20 heavy (non-hydrogen) atoms. The van der Waals surface area contributed by atoms with Crippen LogP contribution in [0.4, 0.5) is 10.5 Å². The highest BCUT2D eigenvalue weighted by Crippen LogP contribution is 2.23. The molecule has 0 fully saturated rings. The number of anilines is 1. The van der Waals surface area contributed by atoms with Crippen LogP contribution in [0.15, 0.2) is 29.6 Å². The first-order chi connectivity index (χ1) is 9.58. The van der Waals surface area contributed by atoms with Gasteiger partial charge in [-0.25, -0.2) is 4.79 Å². The van der Waals surface area contributed by atoms with Crippen molar-refractivity contribution in [1.82, 2.24) is 0 Å². The number of amides is 1. The van der Waals surface area contributed by atoms with Crippen LogP contribution in [0.25, 0.3) is 0 Å². The summed E-state index contributed by atoms with van der Waals surface area (Å²) in [6, 6.07) is 7.65. The van der Waals surface area contributed by atoms with E-state index in [0.29, 0.717) is 6.61 Å². The van der Waals surface area contributed by atoms with Crippen molar-refractivity contribution in [3.63, 3.8) is 0 Å². The standard InChI is InChI=1S/C15H17NO3S/c1-10-6-13(20-9-10)8-19-12-4-5-14(11(2)7-12)16-15(17)18-3/h4-7,9H,8H2,1-3H3,(H,16,17). The highest BCUT2D eigenvalue weighted by molar-refractivity contribution is 7.10. The fourth-order valence-electron chi connectivity index (χ4n) is 1.75. The SMILES string of the molecule is COC(=O)Nc1ccc(OCc2cc(C)cs2)cc1C. The van der Waals surface area contributed by atoms with Gasteiger partial charge < -0.3 is 9.47 Å². The van der Waals surface area contributed by atoms with Crippen molar-refractivity contribution >= 4 is 23.1 Å². The van der Waals surface area contributed by atoms with Crippen molar-refractivity contribution < 1.29 is 14.3 Å². The Bertz CT molecular complexity index is 607. The summed E-state index contributed by atoms with van der Waals surface area (Å²) in [5.74, 6) is 0.781. The van der Waals surface area contributed by atoms with Gasteiger partial charge in [-0.05, 0) is 54.6 Å². The predicted octanol–water partition coefficient (Wildman–Crippen LogP) is 4.12. The Balaban J connectivity index is 1.99. The lowest BCUT2D eigenvalue weighted by atomic mass is 10.2. The molecule has 0 unspecified atom stereocenters. The fourth-order valence-corrected chi connectivity index (χ4v) is 2.53. The van der Waals surface area contributed by atoms with Crippen LogP contribution in [0.1, 0.15) is 16.0 Å². The van der Waals surface area contributed by atoms with Crippen LogP contribution in [0.3, 0.4) is 0 Å². The first-order valence-corrected chi connectivity index (χ1v) is 7.09. The number of ether oxygens (including phenoxy) is 2. The second-order valence-electron chi connectivity index (χ2n) is 4.47. The zero-order valence-corrected chi connectivity index (χ0v) is 12.5. The predicted molar refractivity (Wildman–Crippen MR) is 80.6 cm³/mol. The molecule has 1 N–H and O–H groups in total. The van der Waals surface area contributed by atoms with E-state index in [1.54, 1.807) is 17.4 Å². The minimum absolute atomic E-state index is 0.476. The molecule has 1 amide bonds. The highest BCUT2D eigenvalue weighted by Gasteiger charge is 2.05. The number of rotatable bonds is 4. The zero-order chi connectivity index (χ0) is 14.5. The number of hydrogen-bond acceptors (Lipinski definition) is 4. The topological polar surface area (TPSA) is 47.6 Å². The fraction of sp³-hybridized carbons (Fsp3) is 0.267. The van der Waals surface area contributed by atoms with Crippen molar-refractivity contribution in [3.05, 3.63) is 45.6 Å². The molecule has 1 aromatic heterocycles. The van der Waals surface area contributed by atoms with Crippen molar-refractivity contribution in [2.45, 2.75) is 20.5 Å². The molecule has 2 rings (SSSR count). The van der Waals surface area contributed by atoms with Crippen LogP contribution in [-0.4, -0.2) is 13.2 Å². The molecule has 5 heteroatoms. The second kappa shape index (κ2) is 6.43. The molecule has 106 valence electrons. The summed E-state index contributed by atoms with van der Waals surface area (Å²) in [6.45, 7) is 4.53. The minimum atomic E-state index is -0.476. The van der Waals surface area contributed by atoms with Gasteiger partial charge in [-0.15, -0.1) is 11.3 Å². The Morgan fingerprint density at radius 2 is 2.10 bits per heavy atom. The number of hydrogen-bond donors (Lipinski definition) is 1. The normalized spacial score (nSPS) is 10.2. The van der Waals surface area contributed by atoms with Crippen LogP contribution in [-0.2, 0) is 11.3 Å². The van der Waals surface area contributed by atoms with Gasteiger partial charge in [0.15, 0.2) is 0 Å². The molecule has 0 aliphatic rings. The van der Waals surface area contributed by atoms with Gasteiger partial charge in [0.1, 0.15) is 12.4 Å². The average molecular weight is 291 g/mol. The Kier molecular flexibility index (Phi) is 4.63. The van der Waals surface area contributed by atoms with Crippen molar-refractivity contribution in [3.8, 4) is 5.75 Å². The maximum absolute atomic E-state index is 11.2. The Hall–Kier alpha value is -2.01. The van der Waals surface area contributed by atoms with Crippen molar-refractivity contribution in [2.24, 2.45) is 0 Å². The zero-order valence-electron chi connectivity index (χ0n) is 11.7. The molecule has 0 atom stereocenters. The molecule has 1 heterocycles. The number of aryl methyl sites for hydroxylation is 2. The van der Waals surface area contributed by atoms with E-state index in [9.17, 15) is 4.79 Å². The third-order valence-electron chi connectivity index (χ3n) is 2.79. The van der Waals surface area contributed by atoms with E-state index in [1.807, 2.05) is 19.1 Å². The Morgan fingerprint density at radius 3 is 2.70 bits per heavy atom. The molecular weight excluding hydrogens is 274 g/mol. The average Bonchev–Trinajstić information content (AvgIpc) is 2.85. The molecule has 0 aliphatic carbocycles. The number of benzene rings is 1. The van der Waals surface area contributed by atoms with Crippen LogP contribution in [0.5, 0.6) is 5.75 Å². The largest absolute Gasteiger partial charge is 0.488 e. The van der Waals surface area contributed by atoms with Gasteiger partial charge >= 0.3 is 6.09 Å². The van der Waals surface area contributed by atoms with Crippen molar-refractivity contribution in [1.29, 1.82) is 0 Å². The monoisotopic (exact) mass is 291 g/mol. The van der Waals surface area contributed by atoms with Crippen LogP contribution >= 0.6 is 11.3 Å². The number of methoxy groups -OCH3 is 1. The molecule has 2 aromatic rings. The summed E-state index contributed by atoms with van der Waals surface area (Å²) in [5, 5.41) is 4.75. The lowest BCUT2D eigenvalue weighted by Crippen LogP contribution is -2.11. The molecule has 1 aromatic carbocycles. The molecule has 0 saturated carbocycles. The van der Waals surface area contributed by atoms with E-state index in [4.69, 9.17) is 4.74 Å². The van der Waals surface area contributed by atoms with Gasteiger partial charge in [-0.2, -0.15) is 0 Å². The first kappa shape index (κ1) is 14.4. The number of thiophene rings is 1. The summed E-state index contributed by atoms with van der Waals surface area (Å²) in [6.07, 6.45) is -0.476. The maximum atomic E-state index is 11.2. The van der Waals surface area contributed by atoms with Crippen molar-refractivity contribution in [2.75, 3.05) is 12.4 Å². The maximum Gasteiger partial charge on any atom is 0.411 e.